The third-order valence-corrected chi connectivity index (χ3v) is 3.97. The number of rotatable bonds is 2. The lowest BCUT2D eigenvalue weighted by Gasteiger charge is -2.39. The van der Waals surface area contributed by atoms with Gasteiger partial charge in [0.1, 0.15) is 5.82 Å². The molecule has 5 nitrogen and oxygen atoms in total. The molecule has 1 amide bonds. The molecule has 108 valence electrons. The molecule has 2 aliphatic rings. The molecule has 1 aromatic heterocycles. The molecular formula is C14H18FN3O2. The summed E-state index contributed by atoms with van der Waals surface area (Å²) < 4.78 is 18.7. The molecule has 0 radical (unpaired) electrons. The second kappa shape index (κ2) is 5.85. The van der Waals surface area contributed by atoms with Crippen LogP contribution in [-0.2, 0) is 9.53 Å². The smallest absolute Gasteiger partial charge is 0.227 e. The minimum absolute atomic E-state index is 0.0614. The van der Waals surface area contributed by atoms with Crippen LogP contribution in [0.4, 0.5) is 10.1 Å². The number of ether oxygens (including phenoxy) is 1. The number of morpholine rings is 1. The average Bonchev–Trinajstić information content (AvgIpc) is 2.47. The molecule has 1 saturated carbocycles. The molecule has 6 heteroatoms. The maximum absolute atomic E-state index is 13.0. The van der Waals surface area contributed by atoms with Crippen LogP contribution in [0.25, 0.3) is 0 Å². The zero-order valence-electron chi connectivity index (χ0n) is 11.1. The van der Waals surface area contributed by atoms with Gasteiger partial charge in [-0.3, -0.25) is 9.78 Å². The van der Waals surface area contributed by atoms with Gasteiger partial charge in [0, 0.05) is 24.6 Å². The highest BCUT2D eigenvalue weighted by Gasteiger charge is 2.35. The fourth-order valence-electron chi connectivity index (χ4n) is 2.97. The van der Waals surface area contributed by atoms with Gasteiger partial charge < -0.3 is 15.4 Å². The molecule has 2 fully saturated rings. The summed E-state index contributed by atoms with van der Waals surface area (Å²) in [7, 11) is 0. The molecule has 2 N–H and O–H groups in total. The van der Waals surface area contributed by atoms with Crippen molar-refractivity contribution in [1.82, 2.24) is 10.3 Å². The van der Waals surface area contributed by atoms with E-state index in [1.165, 1.54) is 12.3 Å². The Labute approximate surface area is 116 Å². The van der Waals surface area contributed by atoms with E-state index in [0.717, 1.165) is 38.6 Å². The highest BCUT2D eigenvalue weighted by molar-refractivity contribution is 5.92. The first-order valence-electron chi connectivity index (χ1n) is 6.99. The van der Waals surface area contributed by atoms with Gasteiger partial charge in [-0.15, -0.1) is 0 Å². The summed E-state index contributed by atoms with van der Waals surface area (Å²) in [4.78, 5) is 15.9. The van der Waals surface area contributed by atoms with E-state index < -0.39 is 5.82 Å². The highest BCUT2D eigenvalue weighted by Crippen LogP contribution is 2.29. The van der Waals surface area contributed by atoms with Crippen LogP contribution in [0.3, 0.4) is 0 Å². The summed E-state index contributed by atoms with van der Waals surface area (Å²) in [6.07, 6.45) is 5.25. The topological polar surface area (TPSA) is 63.2 Å². The summed E-state index contributed by atoms with van der Waals surface area (Å²) in [5, 5.41) is 6.14. The molecule has 1 aliphatic heterocycles. The normalized spacial score (nSPS) is 29.6. The Hall–Kier alpha value is -1.53. The fraction of sp³-hybridized carbons (Fsp3) is 0.571. The van der Waals surface area contributed by atoms with E-state index in [1.807, 2.05) is 0 Å². The number of nitrogens with one attached hydrogen (secondary N) is 2. The zero-order chi connectivity index (χ0) is 13.9. The average molecular weight is 279 g/mol. The number of halogens is 1. The standard InChI is InChI=1S/C14H18FN3O2/c15-10-6-11(8-16-7-10)18-14(19)9-1-2-13-12(5-9)17-3-4-20-13/h6-9,12-13,17H,1-5H2,(H,18,19)/t9-,12+,13+/m0/s1. The van der Waals surface area contributed by atoms with Crippen molar-refractivity contribution in [2.24, 2.45) is 5.92 Å². The monoisotopic (exact) mass is 279 g/mol. The predicted molar refractivity (Wildman–Crippen MR) is 71.7 cm³/mol. The van der Waals surface area contributed by atoms with Crippen LogP contribution in [0, 0.1) is 11.7 Å². The Balaban J connectivity index is 1.60. The largest absolute Gasteiger partial charge is 0.375 e. The Bertz CT molecular complexity index is 497. The van der Waals surface area contributed by atoms with E-state index in [0.29, 0.717) is 5.69 Å². The zero-order valence-corrected chi connectivity index (χ0v) is 11.1. The molecule has 20 heavy (non-hydrogen) atoms. The first-order valence-corrected chi connectivity index (χ1v) is 6.99. The summed E-state index contributed by atoms with van der Waals surface area (Å²) in [5.74, 6) is -0.578. The predicted octanol–water partition coefficient (Wildman–Crippen LogP) is 1.32. The van der Waals surface area contributed by atoms with Crippen LogP contribution in [0.15, 0.2) is 18.5 Å². The van der Waals surface area contributed by atoms with Gasteiger partial charge >= 0.3 is 0 Å². The molecule has 3 rings (SSSR count). The Kier molecular flexibility index (Phi) is 3.93. The Morgan fingerprint density at radius 2 is 2.35 bits per heavy atom. The van der Waals surface area contributed by atoms with Crippen molar-refractivity contribution in [3.63, 3.8) is 0 Å². The third-order valence-electron chi connectivity index (χ3n) is 3.97. The number of pyridine rings is 1. The second-order valence-electron chi connectivity index (χ2n) is 5.36. The molecule has 1 aliphatic carbocycles. The molecule has 2 heterocycles. The van der Waals surface area contributed by atoms with Crippen molar-refractivity contribution in [2.75, 3.05) is 18.5 Å². The number of carbonyl (C=O) groups is 1. The van der Waals surface area contributed by atoms with Crippen LogP contribution < -0.4 is 10.6 Å². The van der Waals surface area contributed by atoms with Gasteiger partial charge in [0.15, 0.2) is 0 Å². The number of fused-ring (bicyclic) bond motifs is 1. The maximum atomic E-state index is 13.0. The van der Waals surface area contributed by atoms with Gasteiger partial charge in [-0.1, -0.05) is 0 Å². The van der Waals surface area contributed by atoms with Crippen LogP contribution in [0.2, 0.25) is 0 Å². The second-order valence-corrected chi connectivity index (χ2v) is 5.36. The molecule has 0 spiro atoms. The van der Waals surface area contributed by atoms with Crippen molar-refractivity contribution in [3.05, 3.63) is 24.3 Å². The van der Waals surface area contributed by atoms with E-state index in [9.17, 15) is 9.18 Å². The third kappa shape index (κ3) is 2.96. The lowest BCUT2D eigenvalue weighted by molar-refractivity contribution is -0.123. The van der Waals surface area contributed by atoms with Crippen LogP contribution in [-0.4, -0.2) is 36.2 Å². The molecule has 0 aromatic carbocycles. The number of carbonyl (C=O) groups excluding carboxylic acids is 1. The molecule has 1 saturated heterocycles. The van der Waals surface area contributed by atoms with E-state index in [-0.39, 0.29) is 24.0 Å². The molecule has 3 atom stereocenters. The number of nitrogens with zero attached hydrogens (tertiary/aromatic N) is 1. The summed E-state index contributed by atoms with van der Waals surface area (Å²) in [6, 6.07) is 1.53. The van der Waals surface area contributed by atoms with E-state index in [1.54, 1.807) is 0 Å². The van der Waals surface area contributed by atoms with Crippen LogP contribution >= 0.6 is 0 Å². The van der Waals surface area contributed by atoms with Gasteiger partial charge in [-0.25, -0.2) is 4.39 Å². The SMILES string of the molecule is O=C(Nc1cncc(F)c1)[C@H]1CC[C@H]2OCCN[C@@H]2C1. The first kappa shape index (κ1) is 13.5. The molecule has 1 aromatic rings. The van der Waals surface area contributed by atoms with Crippen molar-refractivity contribution >= 4 is 11.6 Å². The van der Waals surface area contributed by atoms with E-state index >= 15 is 0 Å². The van der Waals surface area contributed by atoms with Gasteiger partial charge in [-0.05, 0) is 19.3 Å². The summed E-state index contributed by atoms with van der Waals surface area (Å²) in [6.45, 7) is 1.58. The first-order chi connectivity index (χ1) is 9.72. The van der Waals surface area contributed by atoms with Gasteiger partial charge in [0.05, 0.1) is 30.8 Å². The molecular weight excluding hydrogens is 261 g/mol. The maximum Gasteiger partial charge on any atom is 0.227 e. The Morgan fingerprint density at radius 1 is 1.45 bits per heavy atom. The van der Waals surface area contributed by atoms with Crippen molar-refractivity contribution in [1.29, 1.82) is 0 Å². The van der Waals surface area contributed by atoms with E-state index in [4.69, 9.17) is 4.74 Å². The van der Waals surface area contributed by atoms with Gasteiger partial charge in [0.25, 0.3) is 0 Å². The number of amides is 1. The fourth-order valence-corrected chi connectivity index (χ4v) is 2.97. The quantitative estimate of drug-likeness (QED) is 0.857. The number of hydrogen-bond acceptors (Lipinski definition) is 4. The van der Waals surface area contributed by atoms with Gasteiger partial charge in [-0.2, -0.15) is 0 Å². The number of hydrogen-bond donors (Lipinski definition) is 2. The van der Waals surface area contributed by atoms with Crippen molar-refractivity contribution in [2.45, 2.75) is 31.4 Å². The van der Waals surface area contributed by atoms with Crippen LogP contribution in [0.1, 0.15) is 19.3 Å². The molecule has 0 unspecified atom stereocenters. The number of anilines is 1. The lowest BCUT2D eigenvalue weighted by atomic mass is 9.82. The van der Waals surface area contributed by atoms with Crippen molar-refractivity contribution in [3.8, 4) is 0 Å². The van der Waals surface area contributed by atoms with Gasteiger partial charge in [0.2, 0.25) is 5.91 Å². The van der Waals surface area contributed by atoms with Crippen LogP contribution in [0.5, 0.6) is 0 Å². The number of aromatic nitrogens is 1. The minimum Gasteiger partial charge on any atom is -0.375 e. The van der Waals surface area contributed by atoms with Crippen molar-refractivity contribution < 1.29 is 13.9 Å². The summed E-state index contributed by atoms with van der Waals surface area (Å²) >= 11 is 0. The highest BCUT2D eigenvalue weighted by atomic mass is 19.1. The van der Waals surface area contributed by atoms with E-state index in [2.05, 4.69) is 15.6 Å². The Morgan fingerprint density at radius 3 is 3.20 bits per heavy atom. The lowest BCUT2D eigenvalue weighted by Crippen LogP contribution is -2.52. The minimum atomic E-state index is -0.450. The molecule has 0 bridgehead atoms. The summed E-state index contributed by atoms with van der Waals surface area (Å²) in [5.41, 5.74) is 0.407.